The highest BCUT2D eigenvalue weighted by Gasteiger charge is 2.42. The summed E-state index contributed by atoms with van der Waals surface area (Å²) in [5.74, 6) is 1.34. The highest BCUT2D eigenvalue weighted by Crippen LogP contribution is 2.44. The van der Waals surface area contributed by atoms with Crippen molar-refractivity contribution in [1.29, 1.82) is 0 Å². The Morgan fingerprint density at radius 3 is 1.79 bits per heavy atom. The molecule has 0 saturated carbocycles. The molecule has 2 unspecified atom stereocenters. The fourth-order valence-electron chi connectivity index (χ4n) is 10.2. The van der Waals surface area contributed by atoms with E-state index < -0.39 is 67.5 Å². The second-order valence-electron chi connectivity index (χ2n) is 18.4. The van der Waals surface area contributed by atoms with Crippen LogP contribution in [0.5, 0.6) is 5.75 Å². The molecule has 5 aromatic carbocycles. The van der Waals surface area contributed by atoms with E-state index in [2.05, 4.69) is 38.7 Å². The molecule has 1 aliphatic carbocycles. The number of benzene rings is 5. The number of alkyl carbamates (subject to hydrolysis) is 1. The smallest absolute Gasteiger partial charge is 0.407 e. The summed E-state index contributed by atoms with van der Waals surface area (Å²) >= 11 is 0. The highest BCUT2D eigenvalue weighted by atomic mass is 16.7. The Labute approximate surface area is 418 Å². The molecule has 1 amide bonds. The number of hydrogen-bond donors (Lipinski definition) is 7. The van der Waals surface area contributed by atoms with Crippen LogP contribution in [-0.4, -0.2) is 141 Å². The molecular weight excluding hydrogens is 925 g/mol. The van der Waals surface area contributed by atoms with Crippen molar-refractivity contribution in [3.05, 3.63) is 155 Å². The normalized spacial score (nSPS) is 22.7. The molecule has 2 fully saturated rings. The van der Waals surface area contributed by atoms with Crippen molar-refractivity contribution in [2.45, 2.75) is 101 Å². The summed E-state index contributed by atoms with van der Waals surface area (Å²) in [6, 6.07) is 40.2. The molecule has 17 heteroatoms. The van der Waals surface area contributed by atoms with E-state index in [1.165, 1.54) is 0 Å². The zero-order valence-electron chi connectivity index (χ0n) is 40.4. The number of nitrogens with zero attached hydrogens (tertiary/aromatic N) is 3. The fourth-order valence-corrected chi connectivity index (χ4v) is 10.2. The molecule has 3 aliphatic rings. The van der Waals surface area contributed by atoms with Crippen molar-refractivity contribution in [2.75, 3.05) is 46.1 Å². The summed E-state index contributed by atoms with van der Waals surface area (Å²) in [5.41, 5.74) is 7.75. The molecule has 3 heterocycles. The molecule has 10 atom stereocenters. The van der Waals surface area contributed by atoms with E-state index in [1.807, 2.05) is 92.7 Å². The third-order valence-electron chi connectivity index (χ3n) is 13.8. The lowest BCUT2D eigenvalue weighted by atomic mass is 9.98. The number of aromatic nitrogens is 2. The van der Waals surface area contributed by atoms with Gasteiger partial charge >= 0.3 is 6.09 Å². The maximum atomic E-state index is 13.3. The van der Waals surface area contributed by atoms with E-state index in [9.17, 15) is 35.4 Å². The van der Waals surface area contributed by atoms with Crippen molar-refractivity contribution in [2.24, 2.45) is 0 Å². The van der Waals surface area contributed by atoms with Gasteiger partial charge in [-0.3, -0.25) is 4.90 Å². The lowest BCUT2D eigenvalue weighted by molar-refractivity contribution is -0.676. The molecule has 7 N–H and O–H groups in total. The summed E-state index contributed by atoms with van der Waals surface area (Å²) in [6.45, 7) is 5.09. The molecule has 6 aromatic rings. The van der Waals surface area contributed by atoms with E-state index in [-0.39, 0.29) is 58.5 Å². The molecule has 0 radical (unpaired) electrons. The van der Waals surface area contributed by atoms with Crippen LogP contribution in [-0.2, 0) is 43.3 Å². The summed E-state index contributed by atoms with van der Waals surface area (Å²) in [5, 5.41) is 70.8. The maximum Gasteiger partial charge on any atom is 0.407 e. The summed E-state index contributed by atoms with van der Waals surface area (Å²) in [7, 11) is 0. The number of hydrogen-bond acceptors (Lipinski definition) is 14. The molecule has 2 aliphatic heterocycles. The molecule has 0 spiro atoms. The van der Waals surface area contributed by atoms with Gasteiger partial charge in [-0.05, 0) is 48.2 Å². The average molecular weight is 990 g/mol. The predicted molar refractivity (Wildman–Crippen MR) is 263 cm³/mol. The SMILES string of the molecule is CCn1c(CNC(=O)OCC2c3ccccc3-c3ccccc32)[n+](CC)c2cc(OCCN(C[C@H](O)[C@@H](O)[C@@H]3OC(c4ccccc4)OC[C@H]3O)C[C@H](O)[C@@H](O)[C@@H]3OC(c4ccccc4)OC[C@H]3O)ccc21. The van der Waals surface area contributed by atoms with Crippen molar-refractivity contribution in [3.63, 3.8) is 0 Å². The molecule has 382 valence electrons. The largest absolute Gasteiger partial charge is 0.492 e. The number of fused-ring (bicyclic) bond motifs is 4. The Balaban J connectivity index is 0.869. The number of rotatable bonds is 20. The molecule has 72 heavy (non-hydrogen) atoms. The van der Waals surface area contributed by atoms with Gasteiger partial charge in [0.2, 0.25) is 0 Å². The van der Waals surface area contributed by atoms with Gasteiger partial charge in [0.05, 0.1) is 38.5 Å². The number of carbonyl (C=O) groups is 1. The van der Waals surface area contributed by atoms with Crippen LogP contribution in [0.2, 0.25) is 0 Å². The van der Waals surface area contributed by atoms with Gasteiger partial charge in [-0.15, -0.1) is 0 Å². The summed E-state index contributed by atoms with van der Waals surface area (Å²) in [4.78, 5) is 14.9. The van der Waals surface area contributed by atoms with Crippen molar-refractivity contribution >= 4 is 17.1 Å². The van der Waals surface area contributed by atoms with Crippen LogP contribution in [0.4, 0.5) is 4.79 Å². The Bertz CT molecular complexity index is 2600. The lowest BCUT2D eigenvalue weighted by Crippen LogP contribution is -2.56. The van der Waals surface area contributed by atoms with E-state index in [0.29, 0.717) is 30.0 Å². The molecule has 1 aromatic heterocycles. The van der Waals surface area contributed by atoms with Crippen molar-refractivity contribution in [3.8, 4) is 16.9 Å². The van der Waals surface area contributed by atoms with E-state index in [1.54, 1.807) is 29.2 Å². The first kappa shape index (κ1) is 51.1. The Morgan fingerprint density at radius 2 is 1.26 bits per heavy atom. The fraction of sp³-hybridized carbons (Fsp3) is 0.418. The number of aliphatic hydroxyl groups excluding tert-OH is 6. The quantitative estimate of drug-likeness (QED) is 0.0537. The lowest BCUT2D eigenvalue weighted by Gasteiger charge is -2.40. The van der Waals surface area contributed by atoms with Crippen LogP contribution in [0, 0.1) is 0 Å². The van der Waals surface area contributed by atoms with Crippen molar-refractivity contribution < 1.29 is 68.4 Å². The first-order valence-electron chi connectivity index (χ1n) is 24.7. The number of aliphatic hydroxyl groups is 6. The van der Waals surface area contributed by atoms with Gasteiger partial charge in [-0.2, -0.15) is 0 Å². The average Bonchev–Trinajstić information content (AvgIpc) is 3.90. The standard InChI is InChI=1S/C55H64N4O13/c1-3-58-42-24-23-36(27-43(42)59(4-2)48(58)28-56-55(66)70-31-41-39-21-13-11-19-37(39)38-20-12-14-22-40(38)41)67-26-25-57(29-44(60)49(64)51-46(62)32-68-53(71-51)34-15-7-5-8-16-34)30-45(61)50(65)52-47(63)33-69-54(72-52)35-17-9-6-10-18-35/h5-24,27,41,44-47,49-54,60-65H,3-4,25-26,28-33H2,1-2H3/p+1/t44-,45-,46+,47+,49+,50+,51+,52+,53?,54?/m0/s1. The van der Waals surface area contributed by atoms with E-state index in [0.717, 1.165) is 39.1 Å². The first-order chi connectivity index (χ1) is 35.0. The number of amides is 1. The highest BCUT2D eigenvalue weighted by molar-refractivity contribution is 5.79. The minimum absolute atomic E-state index is 0.0485. The predicted octanol–water partition coefficient (Wildman–Crippen LogP) is 4.08. The number of carbonyl (C=O) groups excluding carboxylic acids is 1. The van der Waals surface area contributed by atoms with Crippen LogP contribution in [0.1, 0.15) is 60.4 Å². The molecule has 0 bridgehead atoms. The molecule has 17 nitrogen and oxygen atoms in total. The second-order valence-corrected chi connectivity index (χ2v) is 18.4. The van der Waals surface area contributed by atoms with Crippen LogP contribution >= 0.6 is 0 Å². The van der Waals surface area contributed by atoms with Crippen LogP contribution in [0.25, 0.3) is 22.2 Å². The summed E-state index contributed by atoms with van der Waals surface area (Å²) < 4.78 is 39.8. The van der Waals surface area contributed by atoms with Crippen LogP contribution in [0.15, 0.2) is 127 Å². The Kier molecular flexibility index (Phi) is 16.6. The van der Waals surface area contributed by atoms with Crippen molar-refractivity contribution in [1.82, 2.24) is 14.8 Å². The number of nitrogens with one attached hydrogen (secondary N) is 1. The zero-order chi connectivity index (χ0) is 50.3. The molecule has 9 rings (SSSR count). The van der Waals surface area contributed by atoms with Gasteiger partial charge in [0.25, 0.3) is 5.82 Å². The minimum atomic E-state index is -1.59. The Morgan fingerprint density at radius 1 is 0.736 bits per heavy atom. The molecular formula is C55H65N4O13+. The number of aryl methyl sites for hydroxylation is 2. The summed E-state index contributed by atoms with van der Waals surface area (Å²) in [6.07, 6.45) is -13.4. The maximum absolute atomic E-state index is 13.3. The van der Waals surface area contributed by atoms with Gasteiger partial charge in [0.15, 0.2) is 23.6 Å². The Hall–Kier alpha value is -5.80. The minimum Gasteiger partial charge on any atom is -0.492 e. The second kappa shape index (κ2) is 23.4. The third kappa shape index (κ3) is 11.2. The third-order valence-corrected chi connectivity index (χ3v) is 13.8. The molecule has 2 saturated heterocycles. The van der Waals surface area contributed by atoms with Gasteiger partial charge in [-0.1, -0.05) is 109 Å². The van der Waals surface area contributed by atoms with Crippen LogP contribution < -0.4 is 14.6 Å². The van der Waals surface area contributed by atoms with Gasteiger partial charge in [0, 0.05) is 42.7 Å². The van der Waals surface area contributed by atoms with Crippen LogP contribution in [0.3, 0.4) is 0 Å². The zero-order valence-corrected chi connectivity index (χ0v) is 40.4. The van der Waals surface area contributed by atoms with E-state index in [4.69, 9.17) is 28.4 Å². The van der Waals surface area contributed by atoms with Gasteiger partial charge in [-0.25, -0.2) is 13.9 Å². The topological polar surface area (TPSA) is 218 Å². The number of ether oxygens (including phenoxy) is 6. The van der Waals surface area contributed by atoms with Gasteiger partial charge < -0.3 is 64.4 Å². The van der Waals surface area contributed by atoms with E-state index >= 15 is 0 Å². The number of imidazole rings is 1. The first-order valence-corrected chi connectivity index (χ1v) is 24.7. The van der Waals surface area contributed by atoms with Gasteiger partial charge in [0.1, 0.15) is 62.1 Å². The monoisotopic (exact) mass is 989 g/mol.